The predicted octanol–water partition coefficient (Wildman–Crippen LogP) is 5.98. The summed E-state index contributed by atoms with van der Waals surface area (Å²) < 4.78 is 11.3. The van der Waals surface area contributed by atoms with Crippen LogP contribution in [0.4, 0.5) is 0 Å². The van der Waals surface area contributed by atoms with Gasteiger partial charge in [-0.2, -0.15) is 0 Å². The van der Waals surface area contributed by atoms with Crippen molar-refractivity contribution in [3.05, 3.63) is 125 Å². The van der Waals surface area contributed by atoms with Gasteiger partial charge in [-0.05, 0) is 47.9 Å². The molecule has 174 valence electrons. The Kier molecular flexibility index (Phi) is 7.79. The van der Waals surface area contributed by atoms with Crippen molar-refractivity contribution in [3.8, 4) is 5.75 Å². The molecule has 1 unspecified atom stereocenters. The largest absolute Gasteiger partial charge is 0.497 e. The van der Waals surface area contributed by atoms with E-state index in [-0.39, 0.29) is 11.9 Å². The fourth-order valence-electron chi connectivity index (χ4n) is 3.94. The SMILES string of the molecule is COc1cccc(CN(Cc2ccccc2)Cc2ccc(C(=O)NC(C)c3ccccc3)o2)c1. The van der Waals surface area contributed by atoms with E-state index in [1.807, 2.05) is 79.7 Å². The van der Waals surface area contributed by atoms with Crippen LogP contribution >= 0.6 is 0 Å². The quantitative estimate of drug-likeness (QED) is 0.320. The molecule has 0 fully saturated rings. The third-order valence-corrected chi connectivity index (χ3v) is 5.70. The van der Waals surface area contributed by atoms with Gasteiger partial charge in [0, 0.05) is 13.1 Å². The van der Waals surface area contributed by atoms with E-state index >= 15 is 0 Å². The lowest BCUT2D eigenvalue weighted by Gasteiger charge is -2.22. The van der Waals surface area contributed by atoms with Crippen molar-refractivity contribution < 1.29 is 13.9 Å². The summed E-state index contributed by atoms with van der Waals surface area (Å²) in [6.45, 7) is 4.02. The number of carbonyl (C=O) groups is 1. The molecule has 5 heteroatoms. The van der Waals surface area contributed by atoms with Crippen molar-refractivity contribution in [2.75, 3.05) is 7.11 Å². The highest BCUT2D eigenvalue weighted by atomic mass is 16.5. The zero-order valence-electron chi connectivity index (χ0n) is 19.6. The number of hydrogen-bond donors (Lipinski definition) is 1. The third-order valence-electron chi connectivity index (χ3n) is 5.70. The van der Waals surface area contributed by atoms with Crippen LogP contribution in [-0.2, 0) is 19.6 Å². The molecule has 1 atom stereocenters. The Labute approximate surface area is 201 Å². The minimum Gasteiger partial charge on any atom is -0.497 e. The number of benzene rings is 3. The number of rotatable bonds is 10. The molecule has 0 aliphatic carbocycles. The summed E-state index contributed by atoms with van der Waals surface area (Å²) in [5.74, 6) is 1.68. The van der Waals surface area contributed by atoms with Gasteiger partial charge >= 0.3 is 0 Å². The highest BCUT2D eigenvalue weighted by molar-refractivity contribution is 5.91. The molecule has 1 heterocycles. The molecule has 0 radical (unpaired) electrons. The maximum absolute atomic E-state index is 12.7. The van der Waals surface area contributed by atoms with E-state index in [0.717, 1.165) is 35.7 Å². The van der Waals surface area contributed by atoms with E-state index in [9.17, 15) is 4.79 Å². The fraction of sp³-hybridized carbons (Fsp3) is 0.207. The van der Waals surface area contributed by atoms with E-state index < -0.39 is 0 Å². The smallest absolute Gasteiger partial charge is 0.287 e. The van der Waals surface area contributed by atoms with Crippen LogP contribution < -0.4 is 10.1 Å². The normalized spacial score (nSPS) is 11.9. The van der Waals surface area contributed by atoms with Gasteiger partial charge in [-0.25, -0.2) is 0 Å². The Morgan fingerprint density at radius 1 is 0.853 bits per heavy atom. The molecule has 4 aromatic rings. The van der Waals surface area contributed by atoms with Gasteiger partial charge in [0.25, 0.3) is 5.91 Å². The van der Waals surface area contributed by atoms with E-state index in [4.69, 9.17) is 9.15 Å². The van der Waals surface area contributed by atoms with Crippen LogP contribution in [0.2, 0.25) is 0 Å². The average Bonchev–Trinajstić information content (AvgIpc) is 3.34. The first-order chi connectivity index (χ1) is 16.6. The number of furan rings is 1. The van der Waals surface area contributed by atoms with Gasteiger partial charge in [0.15, 0.2) is 5.76 Å². The molecule has 1 N–H and O–H groups in total. The molecule has 0 aliphatic rings. The number of ether oxygens (including phenoxy) is 1. The number of methoxy groups -OCH3 is 1. The zero-order valence-corrected chi connectivity index (χ0v) is 19.6. The van der Waals surface area contributed by atoms with Crippen LogP contribution in [0.3, 0.4) is 0 Å². The van der Waals surface area contributed by atoms with Crippen LogP contribution in [-0.4, -0.2) is 17.9 Å². The molecule has 0 bridgehead atoms. The Bertz CT molecular complexity index is 1190. The molecule has 4 rings (SSSR count). The maximum Gasteiger partial charge on any atom is 0.287 e. The highest BCUT2D eigenvalue weighted by Crippen LogP contribution is 2.20. The molecule has 1 aromatic heterocycles. The van der Waals surface area contributed by atoms with Gasteiger partial charge in [0.2, 0.25) is 0 Å². The molecular formula is C29H30N2O3. The van der Waals surface area contributed by atoms with E-state index in [1.54, 1.807) is 13.2 Å². The van der Waals surface area contributed by atoms with Crippen LogP contribution in [0.25, 0.3) is 0 Å². The van der Waals surface area contributed by atoms with Crippen LogP contribution in [0.1, 0.15) is 46.0 Å². The minimum atomic E-state index is -0.218. The van der Waals surface area contributed by atoms with Gasteiger partial charge in [0.05, 0.1) is 19.7 Å². The summed E-state index contributed by atoms with van der Waals surface area (Å²) in [5.41, 5.74) is 3.41. The van der Waals surface area contributed by atoms with Gasteiger partial charge in [-0.15, -0.1) is 0 Å². The molecule has 0 spiro atoms. The first-order valence-corrected chi connectivity index (χ1v) is 11.4. The lowest BCUT2D eigenvalue weighted by molar-refractivity contribution is 0.0907. The van der Waals surface area contributed by atoms with Crippen molar-refractivity contribution in [1.29, 1.82) is 0 Å². The van der Waals surface area contributed by atoms with E-state index in [0.29, 0.717) is 12.3 Å². The molecule has 5 nitrogen and oxygen atoms in total. The monoisotopic (exact) mass is 454 g/mol. The second kappa shape index (κ2) is 11.3. The summed E-state index contributed by atoms with van der Waals surface area (Å²) >= 11 is 0. The molecule has 1 amide bonds. The van der Waals surface area contributed by atoms with Gasteiger partial charge in [-0.1, -0.05) is 72.8 Å². The number of hydrogen-bond acceptors (Lipinski definition) is 4. The summed E-state index contributed by atoms with van der Waals surface area (Å²) in [5, 5.41) is 3.01. The van der Waals surface area contributed by atoms with Crippen LogP contribution in [0.5, 0.6) is 5.75 Å². The van der Waals surface area contributed by atoms with Gasteiger partial charge < -0.3 is 14.5 Å². The minimum absolute atomic E-state index is 0.107. The van der Waals surface area contributed by atoms with Crippen LogP contribution in [0, 0.1) is 0 Å². The number of carbonyl (C=O) groups excluding carboxylic acids is 1. The zero-order chi connectivity index (χ0) is 23.8. The Hall–Kier alpha value is -3.83. The lowest BCUT2D eigenvalue weighted by Crippen LogP contribution is -2.26. The predicted molar refractivity (Wildman–Crippen MR) is 133 cm³/mol. The molecule has 34 heavy (non-hydrogen) atoms. The first kappa shape index (κ1) is 23.3. The van der Waals surface area contributed by atoms with E-state index in [2.05, 4.69) is 28.4 Å². The topological polar surface area (TPSA) is 54.7 Å². The van der Waals surface area contributed by atoms with Crippen molar-refractivity contribution in [2.45, 2.75) is 32.6 Å². The fourth-order valence-corrected chi connectivity index (χ4v) is 3.94. The summed E-state index contributed by atoms with van der Waals surface area (Å²) in [4.78, 5) is 15.0. The number of amides is 1. The standard InChI is InChI=1S/C29H30N2O3/c1-22(25-13-7-4-8-14-25)30-29(32)28-17-16-27(34-28)21-31(19-23-10-5-3-6-11-23)20-24-12-9-15-26(18-24)33-2/h3-18,22H,19-21H2,1-2H3,(H,30,32). The number of nitrogens with one attached hydrogen (secondary N) is 1. The van der Waals surface area contributed by atoms with Crippen molar-refractivity contribution in [1.82, 2.24) is 10.2 Å². The van der Waals surface area contributed by atoms with Gasteiger partial charge in [0.1, 0.15) is 11.5 Å². The second-order valence-electron chi connectivity index (χ2n) is 8.35. The van der Waals surface area contributed by atoms with Gasteiger partial charge in [-0.3, -0.25) is 9.69 Å². The molecular weight excluding hydrogens is 424 g/mol. The third kappa shape index (κ3) is 6.36. The maximum atomic E-state index is 12.7. The molecule has 0 saturated carbocycles. The molecule has 0 aliphatic heterocycles. The second-order valence-corrected chi connectivity index (χ2v) is 8.35. The lowest BCUT2D eigenvalue weighted by atomic mass is 10.1. The summed E-state index contributed by atoms with van der Waals surface area (Å²) in [6, 6.07) is 31.8. The van der Waals surface area contributed by atoms with Crippen molar-refractivity contribution in [2.24, 2.45) is 0 Å². The number of nitrogens with zero attached hydrogens (tertiary/aromatic N) is 1. The Morgan fingerprint density at radius 2 is 1.53 bits per heavy atom. The van der Waals surface area contributed by atoms with Crippen LogP contribution in [0.15, 0.2) is 101 Å². The highest BCUT2D eigenvalue weighted by Gasteiger charge is 2.17. The first-order valence-electron chi connectivity index (χ1n) is 11.4. The Balaban J connectivity index is 1.46. The summed E-state index contributed by atoms with van der Waals surface area (Å²) in [7, 11) is 1.68. The summed E-state index contributed by atoms with van der Waals surface area (Å²) in [6.07, 6.45) is 0. The average molecular weight is 455 g/mol. The van der Waals surface area contributed by atoms with Crippen molar-refractivity contribution in [3.63, 3.8) is 0 Å². The van der Waals surface area contributed by atoms with E-state index in [1.165, 1.54) is 5.56 Å². The Morgan fingerprint density at radius 3 is 2.26 bits per heavy atom. The molecule has 0 saturated heterocycles. The van der Waals surface area contributed by atoms with Crippen molar-refractivity contribution >= 4 is 5.91 Å². The molecule has 3 aromatic carbocycles.